The number of hydrogen-bond donors (Lipinski definition) is 1. The first-order valence-electron chi connectivity index (χ1n) is 10.1. The number of esters is 1. The number of carbonyl (C=O) groups is 1. The van der Waals surface area contributed by atoms with E-state index in [9.17, 15) is 22.1 Å². The van der Waals surface area contributed by atoms with Gasteiger partial charge in [0.2, 0.25) is 11.0 Å². The summed E-state index contributed by atoms with van der Waals surface area (Å²) >= 11 is 0. The minimum Gasteiger partial charge on any atom is -0.462 e. The standard InChI is InChI=1S/C24H19NO3.BF4/c1-2-27-24(26)18-12-14-19(15-13-18)25-21-16-23(17-8-4-3-5-9-17)28-22-11-7-6-10-20(21)22;2-1(3,4)5/h3-16H,2H2,1H3;/q;-1/p+1. The smallest absolute Gasteiger partial charge is 0.462 e. The van der Waals surface area contributed by atoms with Crippen LogP contribution < -0.4 is 10.3 Å². The highest BCUT2D eigenvalue weighted by Crippen LogP contribution is 2.21. The predicted octanol–water partition coefficient (Wildman–Crippen LogP) is 4.89. The van der Waals surface area contributed by atoms with E-state index < -0.39 is 7.25 Å². The summed E-state index contributed by atoms with van der Waals surface area (Å²) in [4.78, 5) is 15.3. The lowest BCUT2D eigenvalue weighted by molar-refractivity contribution is -0.400. The second-order valence-corrected chi connectivity index (χ2v) is 6.80. The molecule has 0 atom stereocenters. The molecule has 4 aromatic rings. The van der Waals surface area contributed by atoms with Crippen LogP contribution in [-0.4, -0.2) is 19.8 Å². The summed E-state index contributed by atoms with van der Waals surface area (Å²) in [6, 6.07) is 27.2. The molecule has 0 saturated heterocycles. The molecule has 0 fully saturated rings. The van der Waals surface area contributed by atoms with Crippen LogP contribution in [-0.2, 0) is 4.74 Å². The molecule has 170 valence electrons. The summed E-state index contributed by atoms with van der Waals surface area (Å²) in [5.41, 5.74) is 3.22. The fourth-order valence-electron chi connectivity index (χ4n) is 3.04. The summed E-state index contributed by atoms with van der Waals surface area (Å²) < 4.78 is 50.1. The van der Waals surface area contributed by atoms with Crippen LogP contribution in [0.2, 0.25) is 0 Å². The molecule has 0 bridgehead atoms. The van der Waals surface area contributed by atoms with Gasteiger partial charge in [-0.1, -0.05) is 42.5 Å². The zero-order chi connectivity index (χ0) is 23.8. The maximum absolute atomic E-state index is 11.8. The van der Waals surface area contributed by atoms with Crippen LogP contribution in [0.1, 0.15) is 17.3 Å². The second-order valence-electron chi connectivity index (χ2n) is 6.80. The Morgan fingerprint density at radius 3 is 2.15 bits per heavy atom. The number of nitrogens with one attached hydrogen (secondary N) is 1. The Morgan fingerprint density at radius 2 is 1.52 bits per heavy atom. The zero-order valence-corrected chi connectivity index (χ0v) is 17.6. The van der Waals surface area contributed by atoms with Crippen LogP contribution in [0.15, 0.2) is 89.3 Å². The fourth-order valence-corrected chi connectivity index (χ4v) is 3.04. The molecular weight excluding hydrogens is 437 g/mol. The molecule has 1 aromatic heterocycles. The van der Waals surface area contributed by atoms with Gasteiger partial charge in [-0.05, 0) is 31.2 Å². The molecule has 0 spiro atoms. The van der Waals surface area contributed by atoms with Crippen molar-refractivity contribution in [1.29, 1.82) is 0 Å². The van der Waals surface area contributed by atoms with E-state index in [2.05, 4.69) is 4.99 Å². The Morgan fingerprint density at radius 1 is 0.909 bits per heavy atom. The summed E-state index contributed by atoms with van der Waals surface area (Å²) in [5.74, 6) is 0.467. The summed E-state index contributed by atoms with van der Waals surface area (Å²) in [6.45, 7) is 2.16. The van der Waals surface area contributed by atoms with Gasteiger partial charge in [0.15, 0.2) is 0 Å². The monoisotopic (exact) mass is 457 g/mol. The van der Waals surface area contributed by atoms with Gasteiger partial charge in [-0.15, -0.1) is 0 Å². The van der Waals surface area contributed by atoms with E-state index in [4.69, 9.17) is 9.15 Å². The SMILES string of the molecule is CCOC(=O)c1ccc([NH+]=c2cc(-c3ccccc3)oc3ccccc23)cc1.F[B-](F)(F)F. The minimum absolute atomic E-state index is 0.315. The number of benzene rings is 3. The quantitative estimate of drug-likeness (QED) is 0.270. The zero-order valence-electron chi connectivity index (χ0n) is 17.6. The van der Waals surface area contributed by atoms with Crippen molar-refractivity contribution in [2.45, 2.75) is 6.92 Å². The van der Waals surface area contributed by atoms with E-state index in [-0.39, 0.29) is 5.97 Å². The van der Waals surface area contributed by atoms with Crippen molar-refractivity contribution in [1.82, 2.24) is 0 Å². The van der Waals surface area contributed by atoms with Gasteiger partial charge >= 0.3 is 13.2 Å². The number of ether oxygens (including phenoxy) is 1. The van der Waals surface area contributed by atoms with Crippen molar-refractivity contribution in [2.75, 3.05) is 6.61 Å². The van der Waals surface area contributed by atoms with Crippen molar-refractivity contribution < 1.29 is 36.2 Å². The molecule has 0 radical (unpaired) electrons. The number of fused-ring (bicyclic) bond motifs is 1. The Labute approximate surface area is 187 Å². The van der Waals surface area contributed by atoms with Crippen molar-refractivity contribution in [3.8, 4) is 11.3 Å². The molecule has 9 heteroatoms. The van der Waals surface area contributed by atoms with E-state index in [1.807, 2.05) is 72.8 Å². The Bertz CT molecular complexity index is 1280. The van der Waals surface area contributed by atoms with Crippen LogP contribution in [0, 0.1) is 0 Å². The average molecular weight is 457 g/mol. The van der Waals surface area contributed by atoms with E-state index in [1.54, 1.807) is 19.1 Å². The molecule has 0 aliphatic carbocycles. The largest absolute Gasteiger partial charge is 0.673 e. The fraction of sp³-hybridized carbons (Fsp3) is 0.0833. The number of para-hydroxylation sites is 1. The molecule has 0 aliphatic heterocycles. The van der Waals surface area contributed by atoms with Crippen LogP contribution in [0.5, 0.6) is 0 Å². The minimum atomic E-state index is -6.00. The van der Waals surface area contributed by atoms with Crippen LogP contribution in [0.4, 0.5) is 23.0 Å². The van der Waals surface area contributed by atoms with Gasteiger partial charge in [-0.25, -0.2) is 9.79 Å². The average Bonchev–Trinajstić information content (AvgIpc) is 2.79. The highest BCUT2D eigenvalue weighted by Gasteiger charge is 2.20. The highest BCUT2D eigenvalue weighted by molar-refractivity contribution is 6.50. The molecule has 0 saturated carbocycles. The molecule has 1 N–H and O–H groups in total. The van der Waals surface area contributed by atoms with Gasteiger partial charge in [0.25, 0.3) is 0 Å². The summed E-state index contributed by atoms with van der Waals surface area (Å²) in [7, 11) is -6.00. The van der Waals surface area contributed by atoms with Gasteiger partial charge in [0.05, 0.1) is 23.6 Å². The number of carbonyl (C=O) groups excluding carboxylic acids is 1. The van der Waals surface area contributed by atoms with Crippen LogP contribution in [0.3, 0.4) is 0 Å². The van der Waals surface area contributed by atoms with Crippen molar-refractivity contribution in [3.05, 3.63) is 95.8 Å². The van der Waals surface area contributed by atoms with Crippen LogP contribution in [0.25, 0.3) is 22.3 Å². The molecule has 4 rings (SSSR count). The Balaban J connectivity index is 0.000000555. The first-order valence-corrected chi connectivity index (χ1v) is 10.1. The van der Waals surface area contributed by atoms with Crippen LogP contribution >= 0.6 is 0 Å². The number of rotatable bonds is 4. The van der Waals surface area contributed by atoms with E-state index in [0.29, 0.717) is 12.2 Å². The lowest BCUT2D eigenvalue weighted by Gasteiger charge is -2.03. The first-order chi connectivity index (χ1) is 15.7. The Kier molecular flexibility index (Phi) is 7.66. The first kappa shape index (κ1) is 23.8. The highest BCUT2D eigenvalue weighted by atomic mass is 19.5. The second kappa shape index (κ2) is 10.6. The molecule has 3 aromatic carbocycles. The molecule has 0 unspecified atom stereocenters. The molecule has 0 amide bonds. The van der Waals surface area contributed by atoms with Crippen molar-refractivity contribution in [3.63, 3.8) is 0 Å². The van der Waals surface area contributed by atoms with Crippen molar-refractivity contribution in [2.24, 2.45) is 0 Å². The molecule has 4 nitrogen and oxygen atoms in total. The van der Waals surface area contributed by atoms with Crippen molar-refractivity contribution >= 4 is 29.9 Å². The third-order valence-electron chi connectivity index (χ3n) is 4.41. The molecule has 0 aliphatic rings. The lowest BCUT2D eigenvalue weighted by Crippen LogP contribution is -2.70. The number of hydrogen-bond acceptors (Lipinski definition) is 3. The van der Waals surface area contributed by atoms with Gasteiger partial charge in [0, 0.05) is 17.7 Å². The number of halogens is 4. The molecule has 1 heterocycles. The molecule has 33 heavy (non-hydrogen) atoms. The van der Waals surface area contributed by atoms with E-state index in [0.717, 1.165) is 33.3 Å². The Hall–Kier alpha value is -3.88. The van der Waals surface area contributed by atoms with Gasteiger partial charge < -0.3 is 26.4 Å². The van der Waals surface area contributed by atoms with Gasteiger partial charge in [-0.2, -0.15) is 0 Å². The third-order valence-corrected chi connectivity index (χ3v) is 4.41. The van der Waals surface area contributed by atoms with E-state index in [1.165, 1.54) is 0 Å². The maximum Gasteiger partial charge on any atom is 0.673 e. The third kappa shape index (κ3) is 7.06. The van der Waals surface area contributed by atoms with Gasteiger partial charge in [-0.3, -0.25) is 0 Å². The topological polar surface area (TPSA) is 53.4 Å². The lowest BCUT2D eigenvalue weighted by atomic mass is 10.1. The summed E-state index contributed by atoms with van der Waals surface area (Å²) in [6.07, 6.45) is 0. The summed E-state index contributed by atoms with van der Waals surface area (Å²) in [5, 5.41) is 1.92. The normalized spacial score (nSPS) is 11.6. The predicted molar refractivity (Wildman–Crippen MR) is 118 cm³/mol. The molecular formula is C24H20BF4NO3. The van der Waals surface area contributed by atoms with E-state index >= 15 is 0 Å². The maximum atomic E-state index is 11.8. The van der Waals surface area contributed by atoms with Gasteiger partial charge in [0.1, 0.15) is 11.3 Å².